The summed E-state index contributed by atoms with van der Waals surface area (Å²) < 4.78 is 4.23. The van der Waals surface area contributed by atoms with Crippen molar-refractivity contribution in [3.63, 3.8) is 0 Å². The molecule has 0 aliphatic rings. The molecule has 1 heterocycles. The molecule has 0 fully saturated rings. The highest BCUT2D eigenvalue weighted by molar-refractivity contribution is 7.10. The summed E-state index contributed by atoms with van der Waals surface area (Å²) in [6.45, 7) is 6.90. The molecule has 7 heteroatoms. The van der Waals surface area contributed by atoms with Gasteiger partial charge in [-0.1, -0.05) is 13.8 Å². The Morgan fingerprint density at radius 1 is 1.33 bits per heavy atom. The predicted molar refractivity (Wildman–Crippen MR) is 101 cm³/mol. The molecule has 6 N–H and O–H groups in total. The molecule has 1 unspecified atom stereocenters. The van der Waals surface area contributed by atoms with E-state index < -0.39 is 5.91 Å². The maximum Gasteiger partial charge on any atom is 0.250 e. The van der Waals surface area contributed by atoms with Gasteiger partial charge in [0.05, 0.1) is 16.9 Å². The van der Waals surface area contributed by atoms with Crippen LogP contribution in [0.3, 0.4) is 0 Å². The van der Waals surface area contributed by atoms with Crippen LogP contribution in [0.4, 0.5) is 16.4 Å². The van der Waals surface area contributed by atoms with Crippen molar-refractivity contribution < 1.29 is 4.79 Å². The number of anilines is 3. The van der Waals surface area contributed by atoms with Gasteiger partial charge in [-0.15, -0.1) is 0 Å². The minimum Gasteiger partial charge on any atom is -0.383 e. The molecule has 1 aromatic heterocycles. The third-order valence-electron chi connectivity index (χ3n) is 3.51. The minimum absolute atomic E-state index is 0.0846. The van der Waals surface area contributed by atoms with Crippen LogP contribution in [0.2, 0.25) is 0 Å². The zero-order chi connectivity index (χ0) is 17.7. The normalized spacial score (nSPS) is 12.2. The molecule has 2 aromatic rings. The Hall–Kier alpha value is -2.12. The van der Waals surface area contributed by atoms with Gasteiger partial charge in [0.1, 0.15) is 5.00 Å². The number of primary amides is 1. The third-order valence-corrected chi connectivity index (χ3v) is 4.31. The van der Waals surface area contributed by atoms with Crippen molar-refractivity contribution in [2.75, 3.05) is 17.2 Å². The smallest absolute Gasteiger partial charge is 0.250 e. The molecule has 0 saturated carbocycles. The molecule has 130 valence electrons. The average Bonchev–Trinajstić information content (AvgIpc) is 2.89. The number of nitrogens with one attached hydrogen (secondary N) is 2. The monoisotopic (exact) mass is 347 g/mol. The van der Waals surface area contributed by atoms with E-state index in [1.807, 2.05) is 25.1 Å². The van der Waals surface area contributed by atoms with Crippen LogP contribution < -0.4 is 22.1 Å². The number of hydrogen-bond donors (Lipinski definition) is 4. The quantitative estimate of drug-likeness (QED) is 0.587. The van der Waals surface area contributed by atoms with Gasteiger partial charge in [0.25, 0.3) is 5.91 Å². The fourth-order valence-electron chi connectivity index (χ4n) is 2.47. The average molecular weight is 347 g/mol. The zero-order valence-electron chi connectivity index (χ0n) is 14.3. The number of rotatable bonds is 8. The Balaban J connectivity index is 2.13. The van der Waals surface area contributed by atoms with Gasteiger partial charge in [0.2, 0.25) is 0 Å². The zero-order valence-corrected chi connectivity index (χ0v) is 15.1. The van der Waals surface area contributed by atoms with E-state index in [4.69, 9.17) is 11.5 Å². The van der Waals surface area contributed by atoms with Gasteiger partial charge in [-0.25, -0.2) is 0 Å². The van der Waals surface area contributed by atoms with Crippen LogP contribution in [0.25, 0.3) is 0 Å². The van der Waals surface area contributed by atoms with Gasteiger partial charge in [-0.05, 0) is 55.1 Å². The summed E-state index contributed by atoms with van der Waals surface area (Å²) in [5, 5.41) is 7.40. The second-order valence-corrected chi connectivity index (χ2v) is 7.16. The topological polar surface area (TPSA) is 106 Å². The largest absolute Gasteiger partial charge is 0.383 e. The van der Waals surface area contributed by atoms with Gasteiger partial charge in [-0.3, -0.25) is 4.79 Å². The summed E-state index contributed by atoms with van der Waals surface area (Å²) in [7, 11) is 0. The van der Waals surface area contributed by atoms with E-state index in [1.54, 1.807) is 6.07 Å². The first kappa shape index (κ1) is 18.2. The Labute approximate surface area is 146 Å². The molecular formula is C17H25N5OS. The van der Waals surface area contributed by atoms with Crippen LogP contribution in [0.5, 0.6) is 0 Å². The van der Waals surface area contributed by atoms with Crippen molar-refractivity contribution in [3.05, 3.63) is 35.5 Å². The van der Waals surface area contributed by atoms with Crippen molar-refractivity contribution >= 4 is 33.8 Å². The number of nitrogens with two attached hydrogens (primary N) is 2. The van der Waals surface area contributed by atoms with Crippen LogP contribution in [0, 0.1) is 12.8 Å². The molecule has 0 spiro atoms. The summed E-state index contributed by atoms with van der Waals surface area (Å²) in [4.78, 5) is 11.6. The predicted octanol–water partition coefficient (Wildman–Crippen LogP) is 3.08. The number of carbonyl (C=O) groups is 1. The molecule has 1 atom stereocenters. The van der Waals surface area contributed by atoms with E-state index in [9.17, 15) is 4.79 Å². The maximum absolute atomic E-state index is 11.6. The minimum atomic E-state index is -0.471. The molecule has 2 rings (SSSR count). The Morgan fingerprint density at radius 3 is 2.67 bits per heavy atom. The Morgan fingerprint density at radius 2 is 2.08 bits per heavy atom. The van der Waals surface area contributed by atoms with Crippen LogP contribution in [-0.2, 0) is 0 Å². The fourth-order valence-corrected chi connectivity index (χ4v) is 3.14. The van der Waals surface area contributed by atoms with Crippen LogP contribution in [-0.4, -0.2) is 22.9 Å². The highest BCUT2D eigenvalue weighted by Crippen LogP contribution is 2.27. The number of hydrogen-bond acceptors (Lipinski definition) is 6. The number of carbonyl (C=O) groups excluding carboxylic acids is 1. The van der Waals surface area contributed by atoms with Gasteiger partial charge < -0.3 is 22.1 Å². The van der Waals surface area contributed by atoms with E-state index in [2.05, 4.69) is 28.9 Å². The number of aryl methyl sites for hydroxylation is 1. The van der Waals surface area contributed by atoms with E-state index in [0.29, 0.717) is 23.7 Å². The van der Waals surface area contributed by atoms with Crippen molar-refractivity contribution in [2.24, 2.45) is 17.4 Å². The number of aromatic nitrogens is 1. The molecule has 0 bridgehead atoms. The molecule has 6 nitrogen and oxygen atoms in total. The van der Waals surface area contributed by atoms with Crippen LogP contribution >= 0.6 is 11.5 Å². The Bertz CT molecular complexity index is 698. The van der Waals surface area contributed by atoms with Gasteiger partial charge in [0.15, 0.2) is 0 Å². The summed E-state index contributed by atoms with van der Waals surface area (Å²) in [5.74, 6) is 0.0904. The van der Waals surface area contributed by atoms with Gasteiger partial charge in [0, 0.05) is 18.3 Å². The lowest BCUT2D eigenvalue weighted by molar-refractivity contribution is 0.100. The molecular weight excluding hydrogens is 322 g/mol. The van der Waals surface area contributed by atoms with Crippen molar-refractivity contribution in [1.29, 1.82) is 0 Å². The first-order valence-electron chi connectivity index (χ1n) is 7.98. The molecule has 0 aliphatic heterocycles. The molecule has 24 heavy (non-hydrogen) atoms. The fraction of sp³-hybridized carbons (Fsp3) is 0.412. The highest BCUT2D eigenvalue weighted by atomic mass is 32.1. The maximum atomic E-state index is 11.6. The summed E-state index contributed by atoms with van der Waals surface area (Å²) >= 11 is 1.34. The van der Waals surface area contributed by atoms with Crippen LogP contribution in [0.1, 0.15) is 36.3 Å². The standard InChI is InChI=1S/C17H25N5OS/c1-10(2)6-12(18)9-20-13-4-5-14(17(19)23)15(8-13)21-16-7-11(3)22-24-16/h4-5,7-8,10,12,20-21H,6,9,18H2,1-3H3,(H2,19,23). The molecule has 1 amide bonds. The number of benzene rings is 1. The van der Waals surface area contributed by atoms with E-state index >= 15 is 0 Å². The summed E-state index contributed by atoms with van der Waals surface area (Å²) in [6.07, 6.45) is 0.956. The molecule has 1 aromatic carbocycles. The van der Waals surface area contributed by atoms with Gasteiger partial charge in [-0.2, -0.15) is 4.37 Å². The Kier molecular flexibility index (Phi) is 6.16. The lowest BCUT2D eigenvalue weighted by Gasteiger charge is -2.17. The van der Waals surface area contributed by atoms with Crippen molar-refractivity contribution in [3.8, 4) is 0 Å². The molecule has 0 radical (unpaired) electrons. The number of amides is 1. The first-order valence-corrected chi connectivity index (χ1v) is 8.76. The van der Waals surface area contributed by atoms with Crippen molar-refractivity contribution in [2.45, 2.75) is 33.2 Å². The van der Waals surface area contributed by atoms with Crippen molar-refractivity contribution in [1.82, 2.24) is 4.37 Å². The van der Waals surface area contributed by atoms with E-state index in [0.717, 1.165) is 22.8 Å². The van der Waals surface area contributed by atoms with E-state index in [1.165, 1.54) is 11.5 Å². The lowest BCUT2D eigenvalue weighted by atomic mass is 10.0. The number of nitrogens with zero attached hydrogens (tertiary/aromatic N) is 1. The molecule has 0 saturated heterocycles. The summed E-state index contributed by atoms with van der Waals surface area (Å²) in [6, 6.07) is 7.44. The first-order chi connectivity index (χ1) is 11.3. The SMILES string of the molecule is Cc1cc(Nc2cc(NCC(N)CC(C)C)ccc2C(N)=O)sn1. The highest BCUT2D eigenvalue weighted by Gasteiger charge is 2.11. The second-order valence-electron chi connectivity index (χ2n) is 6.35. The summed E-state index contributed by atoms with van der Waals surface area (Å²) in [5.41, 5.74) is 14.5. The lowest BCUT2D eigenvalue weighted by Crippen LogP contribution is -2.30. The third kappa shape index (κ3) is 5.21. The second kappa shape index (κ2) is 8.12. The van der Waals surface area contributed by atoms with Gasteiger partial charge >= 0.3 is 0 Å². The molecule has 0 aliphatic carbocycles. The van der Waals surface area contributed by atoms with E-state index in [-0.39, 0.29) is 6.04 Å². The van der Waals surface area contributed by atoms with Crippen LogP contribution in [0.15, 0.2) is 24.3 Å².